The molecule has 162 valence electrons. The highest BCUT2D eigenvalue weighted by Crippen LogP contribution is 2.24. The van der Waals surface area contributed by atoms with E-state index in [0.717, 1.165) is 22.4 Å². The van der Waals surface area contributed by atoms with Crippen LogP contribution in [0.3, 0.4) is 0 Å². The second kappa shape index (κ2) is 7.74. The van der Waals surface area contributed by atoms with E-state index in [1.807, 2.05) is 41.0 Å². The van der Waals surface area contributed by atoms with E-state index in [1.54, 1.807) is 25.5 Å². The van der Waals surface area contributed by atoms with E-state index in [-0.39, 0.29) is 17.0 Å². The minimum absolute atomic E-state index is 0.0317. The normalized spacial score (nSPS) is 12.0. The van der Waals surface area contributed by atoms with Crippen LogP contribution in [0.15, 0.2) is 81.1 Å². The number of nitrogens with zero attached hydrogens (tertiary/aromatic N) is 4. The third-order valence-electron chi connectivity index (χ3n) is 5.29. The molecule has 3 aromatic heterocycles. The molecule has 32 heavy (non-hydrogen) atoms. The van der Waals surface area contributed by atoms with Crippen molar-refractivity contribution < 1.29 is 12.8 Å². The Morgan fingerprint density at radius 1 is 1.03 bits per heavy atom. The van der Waals surface area contributed by atoms with Gasteiger partial charge in [-0.3, -0.25) is 9.55 Å². The Kier molecular flexibility index (Phi) is 4.87. The Balaban J connectivity index is 1.42. The summed E-state index contributed by atoms with van der Waals surface area (Å²) in [4.78, 5) is 20.5. The number of imidazole rings is 1. The maximum absolute atomic E-state index is 12.8. The number of rotatable bonds is 6. The van der Waals surface area contributed by atoms with E-state index >= 15 is 0 Å². The fourth-order valence-electron chi connectivity index (χ4n) is 3.68. The molecule has 0 bridgehead atoms. The van der Waals surface area contributed by atoms with Crippen LogP contribution >= 0.6 is 0 Å². The fraction of sp³-hybridized carbons (Fsp3) is 0.136. The number of pyridine rings is 1. The summed E-state index contributed by atoms with van der Waals surface area (Å²) in [5.41, 5.74) is 3.38. The van der Waals surface area contributed by atoms with Gasteiger partial charge >= 0.3 is 5.76 Å². The molecule has 2 aromatic carbocycles. The number of hydrogen-bond donors (Lipinski definition) is 1. The van der Waals surface area contributed by atoms with E-state index in [9.17, 15) is 13.2 Å². The van der Waals surface area contributed by atoms with Gasteiger partial charge in [0.25, 0.3) is 0 Å². The summed E-state index contributed by atoms with van der Waals surface area (Å²) in [6.45, 7) is 0.525. The Labute approximate surface area is 183 Å². The molecule has 9 nitrogen and oxygen atoms in total. The molecule has 0 atom stereocenters. The first-order chi connectivity index (χ1) is 15.4. The lowest BCUT2D eigenvalue weighted by molar-refractivity contribution is 0.527. The zero-order valence-electron chi connectivity index (χ0n) is 17.1. The minimum Gasteiger partial charge on any atom is -0.408 e. The van der Waals surface area contributed by atoms with E-state index in [2.05, 4.69) is 9.71 Å². The first kappa shape index (κ1) is 20.2. The van der Waals surface area contributed by atoms with Crippen LogP contribution in [0.4, 0.5) is 0 Å². The van der Waals surface area contributed by atoms with Gasteiger partial charge in [-0.2, -0.15) is 0 Å². The molecule has 0 saturated heterocycles. The first-order valence-electron chi connectivity index (χ1n) is 9.89. The quantitative estimate of drug-likeness (QED) is 0.426. The van der Waals surface area contributed by atoms with Gasteiger partial charge in [0, 0.05) is 44.2 Å². The van der Waals surface area contributed by atoms with Crippen molar-refractivity contribution in [2.45, 2.75) is 11.4 Å². The van der Waals surface area contributed by atoms with Gasteiger partial charge in [0.1, 0.15) is 5.82 Å². The average Bonchev–Trinajstić information content (AvgIpc) is 3.31. The van der Waals surface area contributed by atoms with Gasteiger partial charge in [-0.15, -0.1) is 0 Å². The SMILES string of the molecule is Cn1c(=O)oc2cc(S(=O)(=O)NCCn3c(-c4ccncc4)nc4ccccc43)ccc21. The lowest BCUT2D eigenvalue weighted by Crippen LogP contribution is -2.27. The highest BCUT2D eigenvalue weighted by Gasteiger charge is 2.18. The van der Waals surface area contributed by atoms with Crippen molar-refractivity contribution in [3.63, 3.8) is 0 Å². The smallest absolute Gasteiger partial charge is 0.408 e. The van der Waals surface area contributed by atoms with E-state index in [4.69, 9.17) is 9.40 Å². The maximum atomic E-state index is 12.8. The third-order valence-corrected chi connectivity index (χ3v) is 6.75. The summed E-state index contributed by atoms with van der Waals surface area (Å²) in [6.07, 6.45) is 3.39. The molecular formula is C22H19N5O4S. The predicted octanol–water partition coefficient (Wildman–Crippen LogP) is 2.52. The molecule has 5 rings (SSSR count). The van der Waals surface area contributed by atoms with Crippen LogP contribution in [-0.2, 0) is 23.6 Å². The van der Waals surface area contributed by atoms with Gasteiger partial charge in [-0.25, -0.2) is 22.9 Å². The highest BCUT2D eigenvalue weighted by molar-refractivity contribution is 7.89. The first-order valence-corrected chi connectivity index (χ1v) is 11.4. The van der Waals surface area contributed by atoms with Gasteiger partial charge in [0.15, 0.2) is 5.58 Å². The molecule has 5 aromatic rings. The Morgan fingerprint density at radius 3 is 2.62 bits per heavy atom. The number of nitrogens with one attached hydrogen (secondary N) is 1. The number of oxazole rings is 1. The number of benzene rings is 2. The molecule has 0 saturated carbocycles. The van der Waals surface area contributed by atoms with Crippen molar-refractivity contribution in [2.24, 2.45) is 7.05 Å². The van der Waals surface area contributed by atoms with Crippen molar-refractivity contribution in [2.75, 3.05) is 6.54 Å². The van der Waals surface area contributed by atoms with E-state index in [0.29, 0.717) is 12.1 Å². The lowest BCUT2D eigenvalue weighted by atomic mass is 10.2. The van der Waals surface area contributed by atoms with Gasteiger partial charge in [-0.05, 0) is 36.4 Å². The average molecular weight is 449 g/mol. The van der Waals surface area contributed by atoms with Crippen LogP contribution in [0, 0.1) is 0 Å². The number of aryl methyl sites for hydroxylation is 1. The zero-order chi connectivity index (χ0) is 22.3. The molecule has 0 aliphatic heterocycles. The predicted molar refractivity (Wildman–Crippen MR) is 120 cm³/mol. The van der Waals surface area contributed by atoms with Crippen LogP contribution in [0.5, 0.6) is 0 Å². The van der Waals surface area contributed by atoms with Gasteiger partial charge in [0.2, 0.25) is 10.0 Å². The Hall–Kier alpha value is -3.76. The van der Waals surface area contributed by atoms with Crippen molar-refractivity contribution in [3.05, 3.63) is 77.5 Å². The topological polar surface area (TPSA) is 112 Å². The van der Waals surface area contributed by atoms with Crippen molar-refractivity contribution >= 4 is 32.2 Å². The molecule has 0 radical (unpaired) electrons. The van der Waals surface area contributed by atoms with Crippen LogP contribution in [-0.4, -0.2) is 34.1 Å². The zero-order valence-corrected chi connectivity index (χ0v) is 17.9. The summed E-state index contributed by atoms with van der Waals surface area (Å²) < 4.78 is 36.7. The summed E-state index contributed by atoms with van der Waals surface area (Å²) in [6, 6.07) is 15.8. The van der Waals surface area contributed by atoms with Gasteiger partial charge in [-0.1, -0.05) is 12.1 Å². The van der Waals surface area contributed by atoms with Crippen LogP contribution in [0.25, 0.3) is 33.5 Å². The lowest BCUT2D eigenvalue weighted by Gasteiger charge is -2.11. The highest BCUT2D eigenvalue weighted by atomic mass is 32.2. The Morgan fingerprint density at radius 2 is 1.81 bits per heavy atom. The minimum atomic E-state index is -3.80. The van der Waals surface area contributed by atoms with Crippen molar-refractivity contribution in [1.29, 1.82) is 0 Å². The molecule has 1 N–H and O–H groups in total. The largest absolute Gasteiger partial charge is 0.419 e. The fourth-order valence-corrected chi connectivity index (χ4v) is 4.72. The Bertz CT molecular complexity index is 1600. The molecule has 3 heterocycles. The number of sulfonamides is 1. The number of para-hydroxylation sites is 2. The van der Waals surface area contributed by atoms with Crippen LogP contribution in [0.1, 0.15) is 0 Å². The number of fused-ring (bicyclic) bond motifs is 2. The van der Waals surface area contributed by atoms with E-state index in [1.165, 1.54) is 16.7 Å². The molecular weight excluding hydrogens is 430 g/mol. The molecule has 0 unspecified atom stereocenters. The summed E-state index contributed by atoms with van der Waals surface area (Å²) in [7, 11) is -2.24. The van der Waals surface area contributed by atoms with E-state index < -0.39 is 15.8 Å². The number of aromatic nitrogens is 4. The van der Waals surface area contributed by atoms with Crippen molar-refractivity contribution in [1.82, 2.24) is 23.8 Å². The van der Waals surface area contributed by atoms with Gasteiger partial charge < -0.3 is 8.98 Å². The summed E-state index contributed by atoms with van der Waals surface area (Å²) >= 11 is 0. The number of hydrogen-bond acceptors (Lipinski definition) is 6. The molecule has 0 aliphatic carbocycles. The van der Waals surface area contributed by atoms with Gasteiger partial charge in [0.05, 0.1) is 21.4 Å². The third kappa shape index (κ3) is 3.49. The van der Waals surface area contributed by atoms with Crippen LogP contribution < -0.4 is 10.5 Å². The van der Waals surface area contributed by atoms with Crippen LogP contribution in [0.2, 0.25) is 0 Å². The molecule has 0 fully saturated rings. The summed E-state index contributed by atoms with van der Waals surface area (Å²) in [5, 5.41) is 0. The maximum Gasteiger partial charge on any atom is 0.419 e. The second-order valence-corrected chi connectivity index (χ2v) is 9.03. The summed E-state index contributed by atoms with van der Waals surface area (Å²) in [5.74, 6) is 0.193. The monoisotopic (exact) mass is 449 g/mol. The molecule has 0 amide bonds. The van der Waals surface area contributed by atoms with Crippen molar-refractivity contribution in [3.8, 4) is 11.4 Å². The molecule has 10 heteroatoms. The second-order valence-electron chi connectivity index (χ2n) is 7.27. The standard InChI is InChI=1S/C22H19N5O4S/c1-26-19-7-6-16(14-20(19)31-22(26)28)32(29,30)24-12-13-27-18-5-3-2-4-17(18)25-21(27)15-8-10-23-11-9-15/h2-11,14,24H,12-13H2,1H3. The molecule has 0 spiro atoms. The molecule has 0 aliphatic rings.